The van der Waals surface area contributed by atoms with Crippen molar-refractivity contribution in [1.29, 1.82) is 0 Å². The summed E-state index contributed by atoms with van der Waals surface area (Å²) in [6.07, 6.45) is 2.39. The topological polar surface area (TPSA) is 56.2 Å². The number of furan rings is 1. The third-order valence-electron chi connectivity index (χ3n) is 1.99. The number of benzene rings is 1. The van der Waals surface area contributed by atoms with E-state index in [4.69, 9.17) is 17.3 Å². The van der Waals surface area contributed by atoms with E-state index in [-0.39, 0.29) is 5.76 Å². The van der Waals surface area contributed by atoms with Crippen LogP contribution in [0.15, 0.2) is 53.1 Å². The largest absolute Gasteiger partial charge is 0.460 e. The number of hydrogen-bond donors (Lipinski definition) is 1. The van der Waals surface area contributed by atoms with Gasteiger partial charge in [0.05, 0.1) is 6.26 Å². The molecule has 4 heteroatoms. The Labute approximate surface area is 105 Å². The first kappa shape index (κ1) is 13.5. The van der Waals surface area contributed by atoms with Crippen LogP contribution in [0, 0.1) is 0 Å². The van der Waals surface area contributed by atoms with Crippen LogP contribution in [-0.2, 0) is 6.42 Å². The van der Waals surface area contributed by atoms with Gasteiger partial charge in [-0.15, -0.1) is 0 Å². The Morgan fingerprint density at radius 3 is 2.29 bits per heavy atom. The van der Waals surface area contributed by atoms with Crippen molar-refractivity contribution < 1.29 is 9.21 Å². The standard InChI is InChI=1S/C8H11N.C5H3ClO2/c9-7-6-8-4-2-1-3-5-8;6-5(7)4-2-1-3-8-4/h1-5H,6-7,9H2;1-3H. The maximum Gasteiger partial charge on any atom is 0.287 e. The van der Waals surface area contributed by atoms with Crippen molar-refractivity contribution >= 4 is 16.8 Å². The van der Waals surface area contributed by atoms with Gasteiger partial charge in [-0.25, -0.2) is 0 Å². The molecule has 0 spiro atoms. The van der Waals surface area contributed by atoms with Gasteiger partial charge in [0, 0.05) is 0 Å². The summed E-state index contributed by atoms with van der Waals surface area (Å²) in [5.41, 5.74) is 6.68. The molecular formula is C13H14ClNO2. The minimum atomic E-state index is -0.560. The molecule has 0 bridgehead atoms. The average molecular weight is 252 g/mol. The van der Waals surface area contributed by atoms with E-state index in [9.17, 15) is 4.79 Å². The van der Waals surface area contributed by atoms with E-state index in [0.717, 1.165) is 13.0 Å². The zero-order chi connectivity index (χ0) is 12.5. The second kappa shape index (κ2) is 7.65. The lowest BCUT2D eigenvalue weighted by molar-refractivity contribution is 0.105. The number of carbonyl (C=O) groups is 1. The van der Waals surface area contributed by atoms with Crippen LogP contribution >= 0.6 is 11.6 Å². The Kier molecular flexibility index (Phi) is 6.07. The Hall–Kier alpha value is -1.58. The van der Waals surface area contributed by atoms with Crippen molar-refractivity contribution in [3.05, 3.63) is 60.1 Å². The van der Waals surface area contributed by atoms with E-state index < -0.39 is 5.24 Å². The predicted octanol–water partition coefficient (Wildman–Crippen LogP) is 2.85. The highest BCUT2D eigenvalue weighted by Gasteiger charge is 2.00. The lowest BCUT2D eigenvalue weighted by Crippen LogP contribution is -2.01. The molecule has 17 heavy (non-hydrogen) atoms. The molecule has 0 aliphatic rings. The second-order valence-electron chi connectivity index (χ2n) is 3.28. The lowest BCUT2D eigenvalue weighted by atomic mass is 10.2. The smallest absolute Gasteiger partial charge is 0.287 e. The van der Waals surface area contributed by atoms with Gasteiger partial charge in [-0.3, -0.25) is 4.79 Å². The zero-order valence-electron chi connectivity index (χ0n) is 9.30. The number of halogens is 1. The van der Waals surface area contributed by atoms with E-state index in [1.165, 1.54) is 17.9 Å². The van der Waals surface area contributed by atoms with E-state index in [1.807, 2.05) is 18.2 Å². The van der Waals surface area contributed by atoms with Crippen molar-refractivity contribution in [2.24, 2.45) is 5.73 Å². The molecule has 0 atom stereocenters. The highest BCUT2D eigenvalue weighted by molar-refractivity contribution is 6.67. The fraction of sp³-hybridized carbons (Fsp3) is 0.154. The number of nitrogens with two attached hydrogens (primary N) is 1. The van der Waals surface area contributed by atoms with Gasteiger partial charge < -0.3 is 10.2 Å². The van der Waals surface area contributed by atoms with Gasteiger partial charge in [0.2, 0.25) is 0 Å². The Balaban J connectivity index is 0.000000171. The van der Waals surface area contributed by atoms with Crippen LogP contribution in [0.3, 0.4) is 0 Å². The van der Waals surface area contributed by atoms with Crippen LogP contribution < -0.4 is 5.73 Å². The van der Waals surface area contributed by atoms with Gasteiger partial charge >= 0.3 is 0 Å². The molecule has 1 aromatic carbocycles. The van der Waals surface area contributed by atoms with E-state index in [1.54, 1.807) is 6.07 Å². The summed E-state index contributed by atoms with van der Waals surface area (Å²) in [7, 11) is 0. The fourth-order valence-corrected chi connectivity index (χ4v) is 1.31. The monoisotopic (exact) mass is 251 g/mol. The van der Waals surface area contributed by atoms with Gasteiger partial charge in [0.1, 0.15) is 0 Å². The molecule has 0 fully saturated rings. The van der Waals surface area contributed by atoms with Crippen LogP contribution in [0.25, 0.3) is 0 Å². The fourth-order valence-electron chi connectivity index (χ4n) is 1.20. The van der Waals surface area contributed by atoms with Crippen LogP contribution in [0.5, 0.6) is 0 Å². The molecule has 0 aliphatic heterocycles. The predicted molar refractivity (Wildman–Crippen MR) is 68.1 cm³/mol. The Bertz CT molecular complexity index is 426. The molecule has 0 radical (unpaired) electrons. The lowest BCUT2D eigenvalue weighted by Gasteiger charge is -1.93. The number of hydrogen-bond acceptors (Lipinski definition) is 3. The maximum atomic E-state index is 10.2. The quantitative estimate of drug-likeness (QED) is 0.854. The number of carbonyl (C=O) groups excluding carboxylic acids is 1. The van der Waals surface area contributed by atoms with Crippen LogP contribution in [0.1, 0.15) is 16.1 Å². The van der Waals surface area contributed by atoms with Crippen molar-refractivity contribution in [3.63, 3.8) is 0 Å². The SMILES string of the molecule is NCCc1ccccc1.O=C(Cl)c1ccco1. The molecule has 0 amide bonds. The molecule has 1 aromatic heterocycles. The highest BCUT2D eigenvalue weighted by Crippen LogP contribution is 2.02. The van der Waals surface area contributed by atoms with Crippen molar-refractivity contribution in [2.75, 3.05) is 6.54 Å². The summed E-state index contributed by atoms with van der Waals surface area (Å²) in [5.74, 6) is 0.187. The van der Waals surface area contributed by atoms with Gasteiger partial charge in [-0.05, 0) is 42.3 Å². The first-order valence-corrected chi connectivity index (χ1v) is 5.59. The maximum absolute atomic E-state index is 10.2. The van der Waals surface area contributed by atoms with E-state index >= 15 is 0 Å². The zero-order valence-corrected chi connectivity index (χ0v) is 10.1. The molecule has 2 aromatic rings. The Morgan fingerprint density at radius 1 is 1.18 bits per heavy atom. The molecule has 2 N–H and O–H groups in total. The molecule has 1 heterocycles. The average Bonchev–Trinajstić information content (AvgIpc) is 2.85. The summed E-state index contributed by atoms with van der Waals surface area (Å²) < 4.78 is 4.61. The van der Waals surface area contributed by atoms with Crippen LogP contribution in [0.4, 0.5) is 0 Å². The third kappa shape index (κ3) is 5.33. The molecule has 0 saturated heterocycles. The molecule has 0 saturated carbocycles. The van der Waals surface area contributed by atoms with Crippen LogP contribution in [0.2, 0.25) is 0 Å². The summed E-state index contributed by atoms with van der Waals surface area (Å²) in [6, 6.07) is 13.4. The van der Waals surface area contributed by atoms with Crippen molar-refractivity contribution in [2.45, 2.75) is 6.42 Å². The molecule has 0 aliphatic carbocycles. The summed E-state index contributed by atoms with van der Waals surface area (Å²) in [6.45, 7) is 0.740. The summed E-state index contributed by atoms with van der Waals surface area (Å²) in [5, 5.41) is -0.560. The highest BCUT2D eigenvalue weighted by atomic mass is 35.5. The Morgan fingerprint density at radius 2 is 1.88 bits per heavy atom. The first-order chi connectivity index (χ1) is 8.24. The molecule has 3 nitrogen and oxygen atoms in total. The third-order valence-corrected chi connectivity index (χ3v) is 2.18. The van der Waals surface area contributed by atoms with Gasteiger partial charge in [-0.1, -0.05) is 30.3 Å². The van der Waals surface area contributed by atoms with Crippen molar-refractivity contribution in [1.82, 2.24) is 0 Å². The molecule has 2 rings (SSSR count). The molecule has 0 unspecified atom stereocenters. The minimum absolute atomic E-state index is 0.187. The normalized spacial score (nSPS) is 9.29. The number of rotatable bonds is 3. The van der Waals surface area contributed by atoms with Gasteiger partial charge in [0.25, 0.3) is 5.24 Å². The van der Waals surface area contributed by atoms with Gasteiger partial charge in [-0.2, -0.15) is 0 Å². The van der Waals surface area contributed by atoms with E-state index in [0.29, 0.717) is 0 Å². The first-order valence-electron chi connectivity index (χ1n) is 5.21. The van der Waals surface area contributed by atoms with Crippen molar-refractivity contribution in [3.8, 4) is 0 Å². The van der Waals surface area contributed by atoms with Crippen LogP contribution in [-0.4, -0.2) is 11.8 Å². The molecular weight excluding hydrogens is 238 g/mol. The molecule has 90 valence electrons. The second-order valence-corrected chi connectivity index (χ2v) is 3.62. The summed E-state index contributed by atoms with van der Waals surface area (Å²) >= 11 is 5.01. The minimum Gasteiger partial charge on any atom is -0.460 e. The van der Waals surface area contributed by atoms with E-state index in [2.05, 4.69) is 16.5 Å². The van der Waals surface area contributed by atoms with Gasteiger partial charge in [0.15, 0.2) is 5.76 Å². The summed E-state index contributed by atoms with van der Waals surface area (Å²) in [4.78, 5) is 10.2.